The lowest BCUT2D eigenvalue weighted by molar-refractivity contribution is -0.123. The van der Waals surface area contributed by atoms with Crippen LogP contribution >= 0.6 is 0 Å². The monoisotopic (exact) mass is 295 g/mol. The van der Waals surface area contributed by atoms with Crippen molar-refractivity contribution in [1.29, 1.82) is 0 Å². The first-order valence-corrected chi connectivity index (χ1v) is 7.33. The Hall–Kier alpha value is -2.62. The molecule has 0 fully saturated rings. The quantitative estimate of drug-likeness (QED) is 0.890. The van der Waals surface area contributed by atoms with Crippen LogP contribution in [-0.4, -0.2) is 23.5 Å². The van der Waals surface area contributed by atoms with Crippen LogP contribution in [0.15, 0.2) is 48.5 Å². The zero-order valence-corrected chi connectivity index (χ0v) is 12.1. The molecule has 22 heavy (non-hydrogen) atoms. The molecule has 2 N–H and O–H groups in total. The Bertz CT molecular complexity index is 707. The van der Waals surface area contributed by atoms with E-state index < -0.39 is 5.97 Å². The first kappa shape index (κ1) is 14.3. The van der Waals surface area contributed by atoms with Crippen molar-refractivity contribution in [3.8, 4) is 0 Å². The zero-order valence-electron chi connectivity index (χ0n) is 12.1. The topological polar surface area (TPSA) is 66.4 Å². The van der Waals surface area contributed by atoms with Gasteiger partial charge in [-0.15, -0.1) is 0 Å². The van der Waals surface area contributed by atoms with Crippen LogP contribution in [0.3, 0.4) is 0 Å². The Balaban J connectivity index is 1.49. The van der Waals surface area contributed by atoms with Gasteiger partial charge in [0.15, 0.2) is 0 Å². The van der Waals surface area contributed by atoms with Crippen molar-refractivity contribution in [3.63, 3.8) is 0 Å². The number of carbonyl (C=O) groups excluding carboxylic acids is 1. The molecule has 0 saturated carbocycles. The van der Waals surface area contributed by atoms with E-state index in [1.807, 2.05) is 18.2 Å². The number of nitrogens with one attached hydrogen (secondary N) is 1. The van der Waals surface area contributed by atoms with Gasteiger partial charge in [0.1, 0.15) is 0 Å². The third kappa shape index (κ3) is 2.86. The molecule has 1 amide bonds. The maximum Gasteiger partial charge on any atom is 0.335 e. The van der Waals surface area contributed by atoms with Crippen molar-refractivity contribution >= 4 is 11.9 Å². The van der Waals surface area contributed by atoms with Crippen LogP contribution in [0, 0.1) is 0 Å². The van der Waals surface area contributed by atoms with Crippen LogP contribution in [0.4, 0.5) is 0 Å². The highest BCUT2D eigenvalue weighted by Gasteiger charge is 2.31. The average molecular weight is 295 g/mol. The van der Waals surface area contributed by atoms with Gasteiger partial charge in [0, 0.05) is 6.54 Å². The highest BCUT2D eigenvalue weighted by molar-refractivity contribution is 5.87. The molecule has 3 rings (SSSR count). The van der Waals surface area contributed by atoms with Gasteiger partial charge in [0.2, 0.25) is 5.91 Å². The fourth-order valence-electron chi connectivity index (χ4n) is 2.76. The number of carbonyl (C=O) groups is 2. The van der Waals surface area contributed by atoms with E-state index in [0.717, 1.165) is 17.5 Å². The summed E-state index contributed by atoms with van der Waals surface area (Å²) in [6.45, 7) is 0.559. The molecule has 0 radical (unpaired) electrons. The minimum atomic E-state index is -0.927. The SMILES string of the molecule is O=C(O)c1ccc(CCNC(=O)C2Cc3ccccc32)cc1. The molecule has 4 heteroatoms. The summed E-state index contributed by atoms with van der Waals surface area (Å²) in [5.41, 5.74) is 3.68. The van der Waals surface area contributed by atoms with Gasteiger partial charge < -0.3 is 10.4 Å². The zero-order chi connectivity index (χ0) is 15.5. The standard InChI is InChI=1S/C18H17NO3/c20-17(16-11-14-3-1-2-4-15(14)16)19-10-9-12-5-7-13(8-6-12)18(21)22/h1-8,16H,9-11H2,(H,19,20)(H,21,22). The molecule has 1 aliphatic rings. The first-order valence-electron chi connectivity index (χ1n) is 7.33. The lowest BCUT2D eigenvalue weighted by atomic mass is 9.77. The smallest absolute Gasteiger partial charge is 0.335 e. The lowest BCUT2D eigenvalue weighted by Crippen LogP contribution is -2.36. The fourth-order valence-corrected chi connectivity index (χ4v) is 2.76. The number of fused-ring (bicyclic) bond motifs is 1. The minimum Gasteiger partial charge on any atom is -0.478 e. The first-order chi connectivity index (χ1) is 10.6. The van der Waals surface area contributed by atoms with Crippen molar-refractivity contribution in [2.45, 2.75) is 18.8 Å². The number of carboxylic acids is 1. The summed E-state index contributed by atoms with van der Waals surface area (Å²) in [5, 5.41) is 11.8. The van der Waals surface area contributed by atoms with Crippen LogP contribution in [0.5, 0.6) is 0 Å². The highest BCUT2D eigenvalue weighted by Crippen LogP contribution is 2.34. The van der Waals surface area contributed by atoms with E-state index in [2.05, 4.69) is 11.4 Å². The second-order valence-electron chi connectivity index (χ2n) is 5.50. The molecule has 0 aliphatic heterocycles. The summed E-state index contributed by atoms with van der Waals surface area (Å²) in [7, 11) is 0. The number of aromatic carboxylic acids is 1. The summed E-state index contributed by atoms with van der Waals surface area (Å²) in [6, 6.07) is 14.8. The summed E-state index contributed by atoms with van der Waals surface area (Å²) in [5.74, 6) is -0.880. The molecule has 0 spiro atoms. The highest BCUT2D eigenvalue weighted by atomic mass is 16.4. The molecular formula is C18H17NO3. The van der Waals surface area contributed by atoms with E-state index in [1.165, 1.54) is 5.56 Å². The molecule has 112 valence electrons. The molecule has 0 aromatic heterocycles. The second kappa shape index (κ2) is 6.02. The van der Waals surface area contributed by atoms with Crippen molar-refractivity contribution in [2.24, 2.45) is 0 Å². The minimum absolute atomic E-state index is 0.0226. The maximum atomic E-state index is 12.1. The molecule has 0 bridgehead atoms. The van der Waals surface area contributed by atoms with Gasteiger partial charge in [-0.05, 0) is 41.7 Å². The van der Waals surface area contributed by atoms with E-state index in [9.17, 15) is 9.59 Å². The summed E-state index contributed by atoms with van der Waals surface area (Å²) in [4.78, 5) is 22.9. The van der Waals surface area contributed by atoms with E-state index in [-0.39, 0.29) is 17.4 Å². The largest absolute Gasteiger partial charge is 0.478 e. The van der Waals surface area contributed by atoms with Crippen LogP contribution in [0.1, 0.15) is 33.0 Å². The Morgan fingerprint density at radius 1 is 1.09 bits per heavy atom. The van der Waals surface area contributed by atoms with E-state index >= 15 is 0 Å². The fraction of sp³-hybridized carbons (Fsp3) is 0.222. The molecular weight excluding hydrogens is 278 g/mol. The predicted molar refractivity (Wildman–Crippen MR) is 83.0 cm³/mol. The van der Waals surface area contributed by atoms with E-state index in [4.69, 9.17) is 5.11 Å². The van der Waals surface area contributed by atoms with Gasteiger partial charge in [-0.2, -0.15) is 0 Å². The Morgan fingerprint density at radius 3 is 2.50 bits per heavy atom. The van der Waals surface area contributed by atoms with Gasteiger partial charge in [-0.25, -0.2) is 4.79 Å². The van der Waals surface area contributed by atoms with Gasteiger partial charge >= 0.3 is 5.97 Å². The third-order valence-corrected chi connectivity index (χ3v) is 4.08. The van der Waals surface area contributed by atoms with Gasteiger partial charge in [0.25, 0.3) is 0 Å². The number of amides is 1. The van der Waals surface area contributed by atoms with Gasteiger partial charge in [-0.3, -0.25) is 4.79 Å². The molecule has 1 atom stereocenters. The van der Waals surface area contributed by atoms with Crippen molar-refractivity contribution in [3.05, 3.63) is 70.8 Å². The van der Waals surface area contributed by atoms with Crippen molar-refractivity contribution < 1.29 is 14.7 Å². The summed E-state index contributed by atoms with van der Waals surface area (Å²) in [6.07, 6.45) is 1.51. The van der Waals surface area contributed by atoms with Crippen LogP contribution in [0.25, 0.3) is 0 Å². The van der Waals surface area contributed by atoms with Crippen molar-refractivity contribution in [1.82, 2.24) is 5.32 Å². The van der Waals surface area contributed by atoms with Gasteiger partial charge in [-0.1, -0.05) is 36.4 Å². The molecule has 2 aromatic rings. The summed E-state index contributed by atoms with van der Waals surface area (Å²) >= 11 is 0. The second-order valence-corrected chi connectivity index (χ2v) is 5.50. The molecule has 0 saturated heterocycles. The number of hydrogen-bond acceptors (Lipinski definition) is 2. The molecule has 4 nitrogen and oxygen atoms in total. The maximum absolute atomic E-state index is 12.1. The normalized spacial score (nSPS) is 15.5. The number of hydrogen-bond donors (Lipinski definition) is 2. The number of benzene rings is 2. The third-order valence-electron chi connectivity index (χ3n) is 4.08. The molecule has 0 heterocycles. The Kier molecular flexibility index (Phi) is 3.92. The summed E-state index contributed by atoms with van der Waals surface area (Å²) < 4.78 is 0. The Labute approximate surface area is 128 Å². The van der Waals surface area contributed by atoms with E-state index in [0.29, 0.717) is 13.0 Å². The average Bonchev–Trinajstić information content (AvgIpc) is 2.49. The molecule has 2 aromatic carbocycles. The number of carboxylic acid groups (broad SMARTS) is 1. The predicted octanol–water partition coefficient (Wildman–Crippen LogP) is 2.38. The lowest BCUT2D eigenvalue weighted by Gasteiger charge is -2.28. The van der Waals surface area contributed by atoms with Crippen molar-refractivity contribution in [2.75, 3.05) is 6.54 Å². The van der Waals surface area contributed by atoms with E-state index in [1.54, 1.807) is 24.3 Å². The van der Waals surface area contributed by atoms with Crippen LogP contribution < -0.4 is 5.32 Å². The molecule has 1 unspecified atom stereocenters. The number of rotatable bonds is 5. The van der Waals surface area contributed by atoms with Crippen LogP contribution in [0.2, 0.25) is 0 Å². The van der Waals surface area contributed by atoms with Gasteiger partial charge in [0.05, 0.1) is 11.5 Å². The van der Waals surface area contributed by atoms with Crippen LogP contribution in [-0.2, 0) is 17.6 Å². The Morgan fingerprint density at radius 2 is 1.82 bits per heavy atom. The molecule has 1 aliphatic carbocycles.